The Hall–Kier alpha value is -1.84. The largest absolute Gasteiger partial charge is 0.346 e. The van der Waals surface area contributed by atoms with Gasteiger partial charge in [-0.15, -0.1) is 5.10 Å². The predicted molar refractivity (Wildman–Crippen MR) is 64.6 cm³/mol. The Balaban J connectivity index is 1.95. The summed E-state index contributed by atoms with van der Waals surface area (Å²) in [5.74, 6) is 1.68. The number of rotatable bonds is 4. The van der Waals surface area contributed by atoms with Gasteiger partial charge in [-0.25, -0.2) is 0 Å². The van der Waals surface area contributed by atoms with E-state index in [1.807, 2.05) is 25.1 Å². The fraction of sp³-hybridized carbons (Fsp3) is 0.333. The van der Waals surface area contributed by atoms with E-state index >= 15 is 0 Å². The van der Waals surface area contributed by atoms with Gasteiger partial charge in [0.05, 0.1) is 0 Å². The Kier molecular flexibility index (Phi) is 3.19. The van der Waals surface area contributed by atoms with Crippen molar-refractivity contribution in [2.45, 2.75) is 12.8 Å². The van der Waals surface area contributed by atoms with E-state index in [2.05, 4.69) is 39.4 Å². The second-order valence-corrected chi connectivity index (χ2v) is 3.96. The minimum absolute atomic E-state index is 0.739. The lowest BCUT2D eigenvalue weighted by atomic mass is 10.1. The van der Waals surface area contributed by atoms with Gasteiger partial charge in [0.25, 0.3) is 0 Å². The molecule has 0 radical (unpaired) electrons. The van der Waals surface area contributed by atoms with Crippen molar-refractivity contribution in [2.24, 2.45) is 0 Å². The molecule has 0 atom stereocenters. The van der Waals surface area contributed by atoms with Crippen LogP contribution in [0, 0.1) is 0 Å². The molecule has 0 spiro atoms. The molecule has 2 aromatic rings. The Morgan fingerprint density at radius 1 is 1.12 bits per heavy atom. The van der Waals surface area contributed by atoms with Crippen molar-refractivity contribution in [3.8, 4) is 0 Å². The standard InChI is InChI=1S/C12H16N4/c1-16(2)12-13-11(14-15-12)9-8-10-6-4-3-5-7-10/h3-7H,8-9H2,1-2H3,(H,13,14,15). The summed E-state index contributed by atoms with van der Waals surface area (Å²) in [4.78, 5) is 6.28. The smallest absolute Gasteiger partial charge is 0.244 e. The van der Waals surface area contributed by atoms with E-state index in [0.29, 0.717) is 0 Å². The number of hydrogen-bond donors (Lipinski definition) is 1. The molecule has 0 aliphatic carbocycles. The van der Waals surface area contributed by atoms with Crippen molar-refractivity contribution in [3.63, 3.8) is 0 Å². The zero-order valence-electron chi connectivity index (χ0n) is 9.64. The summed E-state index contributed by atoms with van der Waals surface area (Å²) in [5, 5.41) is 7.07. The van der Waals surface area contributed by atoms with Crippen LogP contribution in [0.4, 0.5) is 5.95 Å². The fourth-order valence-electron chi connectivity index (χ4n) is 1.50. The van der Waals surface area contributed by atoms with Crippen molar-refractivity contribution in [1.29, 1.82) is 0 Å². The van der Waals surface area contributed by atoms with Gasteiger partial charge < -0.3 is 4.90 Å². The molecule has 0 aliphatic heterocycles. The maximum absolute atomic E-state index is 4.38. The summed E-state index contributed by atoms with van der Waals surface area (Å²) in [6.45, 7) is 0. The highest BCUT2D eigenvalue weighted by Gasteiger charge is 2.04. The molecule has 1 aromatic carbocycles. The summed E-state index contributed by atoms with van der Waals surface area (Å²) < 4.78 is 0. The van der Waals surface area contributed by atoms with Crippen LogP contribution in [0.1, 0.15) is 11.4 Å². The maximum atomic E-state index is 4.38. The van der Waals surface area contributed by atoms with E-state index < -0.39 is 0 Å². The molecule has 84 valence electrons. The SMILES string of the molecule is CN(C)c1n[nH]c(CCc2ccccc2)n1. The van der Waals surface area contributed by atoms with Crippen molar-refractivity contribution < 1.29 is 0 Å². The molecule has 0 fully saturated rings. The van der Waals surface area contributed by atoms with Gasteiger partial charge in [0.15, 0.2) is 0 Å². The van der Waals surface area contributed by atoms with Crippen molar-refractivity contribution >= 4 is 5.95 Å². The van der Waals surface area contributed by atoms with Crippen LogP contribution in [-0.2, 0) is 12.8 Å². The average molecular weight is 216 g/mol. The Labute approximate surface area is 95.3 Å². The highest BCUT2D eigenvalue weighted by molar-refractivity contribution is 5.25. The molecule has 4 heteroatoms. The third-order valence-corrected chi connectivity index (χ3v) is 2.41. The Morgan fingerprint density at radius 2 is 1.88 bits per heavy atom. The lowest BCUT2D eigenvalue weighted by Gasteiger charge is -2.03. The number of benzene rings is 1. The van der Waals surface area contributed by atoms with Gasteiger partial charge in [-0.3, -0.25) is 5.10 Å². The Bertz CT molecular complexity index is 433. The molecule has 0 saturated heterocycles. The van der Waals surface area contributed by atoms with Crippen LogP contribution in [0.15, 0.2) is 30.3 Å². The summed E-state index contributed by atoms with van der Waals surface area (Å²) in [6.07, 6.45) is 1.88. The minimum Gasteiger partial charge on any atom is -0.346 e. The summed E-state index contributed by atoms with van der Waals surface area (Å²) in [7, 11) is 3.87. The molecule has 0 amide bonds. The predicted octanol–water partition coefficient (Wildman–Crippen LogP) is 1.66. The van der Waals surface area contributed by atoms with Gasteiger partial charge in [0.2, 0.25) is 5.95 Å². The van der Waals surface area contributed by atoms with Gasteiger partial charge in [-0.1, -0.05) is 30.3 Å². The van der Waals surface area contributed by atoms with E-state index in [1.165, 1.54) is 5.56 Å². The van der Waals surface area contributed by atoms with Gasteiger partial charge in [-0.05, 0) is 12.0 Å². The number of nitrogens with zero attached hydrogens (tertiary/aromatic N) is 3. The van der Waals surface area contributed by atoms with Crippen molar-refractivity contribution in [1.82, 2.24) is 15.2 Å². The number of aryl methyl sites for hydroxylation is 2. The number of aromatic nitrogens is 3. The average Bonchev–Trinajstić information content (AvgIpc) is 2.76. The first-order chi connectivity index (χ1) is 7.75. The van der Waals surface area contributed by atoms with Crippen molar-refractivity contribution in [3.05, 3.63) is 41.7 Å². The van der Waals surface area contributed by atoms with E-state index in [9.17, 15) is 0 Å². The molecule has 0 unspecified atom stereocenters. The zero-order chi connectivity index (χ0) is 11.4. The van der Waals surface area contributed by atoms with Gasteiger partial charge in [0.1, 0.15) is 5.82 Å². The zero-order valence-corrected chi connectivity index (χ0v) is 9.64. The van der Waals surface area contributed by atoms with Crippen molar-refractivity contribution in [2.75, 3.05) is 19.0 Å². The highest BCUT2D eigenvalue weighted by atomic mass is 15.3. The van der Waals surface area contributed by atoms with E-state index in [4.69, 9.17) is 0 Å². The molecule has 1 aromatic heterocycles. The van der Waals surface area contributed by atoms with Crippen LogP contribution in [0.2, 0.25) is 0 Å². The molecule has 16 heavy (non-hydrogen) atoms. The number of hydrogen-bond acceptors (Lipinski definition) is 3. The molecular weight excluding hydrogens is 200 g/mol. The van der Waals surface area contributed by atoms with Crippen LogP contribution in [0.3, 0.4) is 0 Å². The Morgan fingerprint density at radius 3 is 2.50 bits per heavy atom. The lowest BCUT2D eigenvalue weighted by Crippen LogP contribution is -2.10. The first kappa shape index (κ1) is 10.7. The molecule has 4 nitrogen and oxygen atoms in total. The van der Waals surface area contributed by atoms with Gasteiger partial charge in [0, 0.05) is 20.5 Å². The van der Waals surface area contributed by atoms with Gasteiger partial charge in [-0.2, -0.15) is 4.98 Å². The number of H-pyrrole nitrogens is 1. The summed E-state index contributed by atoms with van der Waals surface area (Å²) >= 11 is 0. The normalized spacial score (nSPS) is 10.4. The first-order valence-corrected chi connectivity index (χ1v) is 5.38. The third kappa shape index (κ3) is 2.59. The fourth-order valence-corrected chi connectivity index (χ4v) is 1.50. The third-order valence-electron chi connectivity index (χ3n) is 2.41. The van der Waals surface area contributed by atoms with Crippen LogP contribution >= 0.6 is 0 Å². The van der Waals surface area contributed by atoms with Crippen LogP contribution < -0.4 is 4.90 Å². The number of nitrogens with one attached hydrogen (secondary N) is 1. The minimum atomic E-state index is 0.739. The van der Waals surface area contributed by atoms with Crippen LogP contribution in [-0.4, -0.2) is 29.3 Å². The second-order valence-electron chi connectivity index (χ2n) is 3.96. The van der Waals surface area contributed by atoms with E-state index in [1.54, 1.807) is 0 Å². The second kappa shape index (κ2) is 4.79. The highest BCUT2D eigenvalue weighted by Crippen LogP contribution is 2.06. The van der Waals surface area contributed by atoms with Crippen LogP contribution in [0.25, 0.3) is 0 Å². The topological polar surface area (TPSA) is 44.8 Å². The quantitative estimate of drug-likeness (QED) is 0.845. The van der Waals surface area contributed by atoms with E-state index in [-0.39, 0.29) is 0 Å². The lowest BCUT2D eigenvalue weighted by molar-refractivity contribution is 0.865. The molecule has 1 heterocycles. The van der Waals surface area contributed by atoms with Crippen LogP contribution in [0.5, 0.6) is 0 Å². The molecule has 2 rings (SSSR count). The van der Waals surface area contributed by atoms with E-state index in [0.717, 1.165) is 24.6 Å². The molecule has 0 bridgehead atoms. The summed E-state index contributed by atoms with van der Waals surface area (Å²) in [5.41, 5.74) is 1.32. The number of aromatic amines is 1. The first-order valence-electron chi connectivity index (χ1n) is 5.38. The molecule has 0 saturated carbocycles. The maximum Gasteiger partial charge on any atom is 0.244 e. The monoisotopic (exact) mass is 216 g/mol. The van der Waals surface area contributed by atoms with Gasteiger partial charge >= 0.3 is 0 Å². The molecular formula is C12H16N4. The molecule has 0 aliphatic rings. The summed E-state index contributed by atoms with van der Waals surface area (Å²) in [6, 6.07) is 10.4. The number of anilines is 1. The molecule has 1 N–H and O–H groups in total.